The summed E-state index contributed by atoms with van der Waals surface area (Å²) >= 11 is 4.97. The molecule has 0 aromatic heterocycles. The number of phenolic OH excluding ortho intramolecular Hbond substituents is 1. The lowest BCUT2D eigenvalue weighted by Gasteiger charge is -2.23. The van der Waals surface area contributed by atoms with Gasteiger partial charge < -0.3 is 16.2 Å². The lowest BCUT2D eigenvalue weighted by Crippen LogP contribution is -2.41. The molecule has 110 valence electrons. The van der Waals surface area contributed by atoms with E-state index in [-0.39, 0.29) is 17.2 Å². The monoisotopic (exact) mass is 302 g/mol. The molecule has 0 aliphatic rings. The molecular weight excluding hydrogens is 284 g/mol. The molecule has 0 saturated carbocycles. The van der Waals surface area contributed by atoms with Gasteiger partial charge in [0.25, 0.3) is 5.91 Å². The standard InChI is InChI=1S/C16H18N2O2S/c1-16(2,15(17)21)9-18-14(20)12-8-7-10-5-3-4-6-11(10)13(12)19/h3-8,19H,9H2,1-2H3,(H2,17,21)(H,18,20). The normalized spacial score (nSPS) is 11.3. The van der Waals surface area contributed by atoms with Crippen LogP contribution in [0.1, 0.15) is 24.2 Å². The Bertz CT molecular complexity index is 710. The van der Waals surface area contributed by atoms with Crippen LogP contribution in [0.4, 0.5) is 0 Å². The van der Waals surface area contributed by atoms with Crippen molar-refractivity contribution in [2.45, 2.75) is 13.8 Å². The lowest BCUT2D eigenvalue weighted by molar-refractivity contribution is 0.0942. The summed E-state index contributed by atoms with van der Waals surface area (Å²) in [5, 5.41) is 14.5. The number of fused-ring (bicyclic) bond motifs is 1. The number of phenols is 1. The topological polar surface area (TPSA) is 75.3 Å². The van der Waals surface area contributed by atoms with Crippen LogP contribution in [0.25, 0.3) is 10.8 Å². The van der Waals surface area contributed by atoms with E-state index in [9.17, 15) is 9.90 Å². The zero-order valence-corrected chi connectivity index (χ0v) is 12.8. The number of carbonyl (C=O) groups excluding carboxylic acids is 1. The molecule has 0 aliphatic carbocycles. The summed E-state index contributed by atoms with van der Waals surface area (Å²) in [6, 6.07) is 10.8. The van der Waals surface area contributed by atoms with Crippen molar-refractivity contribution in [1.29, 1.82) is 0 Å². The Morgan fingerprint density at radius 3 is 2.62 bits per heavy atom. The van der Waals surface area contributed by atoms with E-state index >= 15 is 0 Å². The molecule has 2 rings (SSSR count). The van der Waals surface area contributed by atoms with Crippen LogP contribution in [-0.4, -0.2) is 22.5 Å². The van der Waals surface area contributed by atoms with E-state index in [0.29, 0.717) is 16.9 Å². The number of hydrogen-bond acceptors (Lipinski definition) is 3. The van der Waals surface area contributed by atoms with Crippen LogP contribution in [0.2, 0.25) is 0 Å². The smallest absolute Gasteiger partial charge is 0.255 e. The Balaban J connectivity index is 2.24. The fourth-order valence-electron chi connectivity index (χ4n) is 1.92. The summed E-state index contributed by atoms with van der Waals surface area (Å²) < 4.78 is 0. The van der Waals surface area contributed by atoms with E-state index in [0.717, 1.165) is 5.39 Å². The number of nitrogens with one attached hydrogen (secondary N) is 1. The second kappa shape index (κ2) is 5.69. The summed E-state index contributed by atoms with van der Waals surface area (Å²) in [4.78, 5) is 12.6. The fraction of sp³-hybridized carbons (Fsp3) is 0.250. The highest BCUT2D eigenvalue weighted by Gasteiger charge is 2.23. The lowest BCUT2D eigenvalue weighted by atomic mass is 9.93. The van der Waals surface area contributed by atoms with Gasteiger partial charge >= 0.3 is 0 Å². The van der Waals surface area contributed by atoms with Gasteiger partial charge in [-0.25, -0.2) is 0 Å². The third-order valence-corrected chi connectivity index (χ3v) is 4.06. The minimum Gasteiger partial charge on any atom is -0.506 e. The summed E-state index contributed by atoms with van der Waals surface area (Å²) in [7, 11) is 0. The SMILES string of the molecule is CC(C)(CNC(=O)c1ccc2ccccc2c1O)C(N)=S. The van der Waals surface area contributed by atoms with Gasteiger partial charge in [-0.15, -0.1) is 0 Å². The van der Waals surface area contributed by atoms with Crippen LogP contribution in [0.3, 0.4) is 0 Å². The third-order valence-electron chi connectivity index (χ3n) is 3.50. The Morgan fingerprint density at radius 1 is 1.29 bits per heavy atom. The van der Waals surface area contributed by atoms with E-state index < -0.39 is 5.41 Å². The number of hydrogen-bond donors (Lipinski definition) is 3. The zero-order valence-electron chi connectivity index (χ0n) is 12.0. The molecule has 0 heterocycles. The molecule has 1 amide bonds. The minimum absolute atomic E-state index is 0.0151. The molecule has 0 fully saturated rings. The number of nitrogens with two attached hydrogens (primary N) is 1. The molecule has 2 aromatic carbocycles. The average molecular weight is 302 g/mol. The number of rotatable bonds is 4. The predicted octanol–water partition coefficient (Wildman–Crippen LogP) is 2.59. The summed E-state index contributed by atoms with van der Waals surface area (Å²) in [6.07, 6.45) is 0. The first-order valence-corrected chi connectivity index (χ1v) is 7.02. The number of aromatic hydroxyl groups is 1. The van der Waals surface area contributed by atoms with E-state index in [1.807, 2.05) is 38.1 Å². The highest BCUT2D eigenvalue weighted by atomic mass is 32.1. The maximum atomic E-state index is 12.2. The molecule has 0 spiro atoms. The molecule has 0 bridgehead atoms. The predicted molar refractivity (Wildman–Crippen MR) is 88.5 cm³/mol. The van der Waals surface area contributed by atoms with Crippen molar-refractivity contribution in [2.75, 3.05) is 6.54 Å². The van der Waals surface area contributed by atoms with Crippen LogP contribution in [0, 0.1) is 5.41 Å². The maximum Gasteiger partial charge on any atom is 0.255 e. The Labute approximate surface area is 129 Å². The van der Waals surface area contributed by atoms with Crippen LogP contribution >= 0.6 is 12.2 Å². The van der Waals surface area contributed by atoms with Gasteiger partial charge in [-0.05, 0) is 11.5 Å². The van der Waals surface area contributed by atoms with E-state index in [1.54, 1.807) is 12.1 Å². The first-order chi connectivity index (χ1) is 9.83. The van der Waals surface area contributed by atoms with Crippen LogP contribution in [0.5, 0.6) is 5.75 Å². The number of carbonyl (C=O) groups is 1. The first-order valence-electron chi connectivity index (χ1n) is 6.62. The van der Waals surface area contributed by atoms with Gasteiger partial charge in [0, 0.05) is 17.3 Å². The molecule has 0 aliphatic heterocycles. The zero-order chi connectivity index (χ0) is 15.6. The van der Waals surface area contributed by atoms with Gasteiger partial charge in [0.05, 0.1) is 10.6 Å². The van der Waals surface area contributed by atoms with Crippen molar-refractivity contribution in [3.05, 3.63) is 42.0 Å². The van der Waals surface area contributed by atoms with Gasteiger partial charge in [0.15, 0.2) is 0 Å². The first kappa shape index (κ1) is 15.3. The summed E-state index contributed by atoms with van der Waals surface area (Å²) in [5.41, 5.74) is 5.40. The van der Waals surface area contributed by atoms with Crippen molar-refractivity contribution in [1.82, 2.24) is 5.32 Å². The molecule has 0 unspecified atom stereocenters. The highest BCUT2D eigenvalue weighted by Crippen LogP contribution is 2.28. The van der Waals surface area contributed by atoms with Gasteiger partial charge in [-0.1, -0.05) is 56.4 Å². The van der Waals surface area contributed by atoms with Crippen LogP contribution in [0.15, 0.2) is 36.4 Å². The van der Waals surface area contributed by atoms with E-state index in [2.05, 4.69) is 5.32 Å². The summed E-state index contributed by atoms with van der Waals surface area (Å²) in [6.45, 7) is 4.03. The molecule has 5 heteroatoms. The molecule has 21 heavy (non-hydrogen) atoms. The Kier molecular flexibility index (Phi) is 4.14. The average Bonchev–Trinajstić information content (AvgIpc) is 2.45. The Morgan fingerprint density at radius 2 is 1.95 bits per heavy atom. The van der Waals surface area contributed by atoms with Crippen LogP contribution < -0.4 is 11.1 Å². The fourth-order valence-corrected chi connectivity index (χ4v) is 1.99. The molecule has 4 nitrogen and oxygen atoms in total. The Hall–Kier alpha value is -2.14. The second-order valence-corrected chi connectivity index (χ2v) is 6.05. The highest BCUT2D eigenvalue weighted by molar-refractivity contribution is 7.80. The van der Waals surface area contributed by atoms with Gasteiger partial charge in [-0.3, -0.25) is 4.79 Å². The van der Waals surface area contributed by atoms with Crippen molar-refractivity contribution in [2.24, 2.45) is 11.1 Å². The van der Waals surface area contributed by atoms with Crippen molar-refractivity contribution in [3.8, 4) is 5.75 Å². The van der Waals surface area contributed by atoms with Gasteiger partial charge in [0.1, 0.15) is 5.75 Å². The summed E-state index contributed by atoms with van der Waals surface area (Å²) in [5.74, 6) is -0.360. The number of thiocarbonyl (C=S) groups is 1. The van der Waals surface area contributed by atoms with E-state index in [4.69, 9.17) is 18.0 Å². The maximum absolute atomic E-state index is 12.2. The van der Waals surface area contributed by atoms with Gasteiger partial charge in [-0.2, -0.15) is 0 Å². The molecule has 4 N–H and O–H groups in total. The third kappa shape index (κ3) is 3.13. The van der Waals surface area contributed by atoms with Crippen molar-refractivity contribution in [3.63, 3.8) is 0 Å². The molecular formula is C16H18N2O2S. The quantitative estimate of drug-likeness (QED) is 0.759. The molecule has 2 aromatic rings. The van der Waals surface area contributed by atoms with Crippen molar-refractivity contribution >= 4 is 33.9 Å². The number of benzene rings is 2. The van der Waals surface area contributed by atoms with Gasteiger partial charge in [0.2, 0.25) is 0 Å². The minimum atomic E-state index is -0.475. The molecule has 0 atom stereocenters. The molecule has 0 saturated heterocycles. The second-order valence-electron chi connectivity index (χ2n) is 5.61. The van der Waals surface area contributed by atoms with E-state index in [1.165, 1.54) is 0 Å². The number of amides is 1. The van der Waals surface area contributed by atoms with Crippen molar-refractivity contribution < 1.29 is 9.90 Å². The van der Waals surface area contributed by atoms with Crippen LogP contribution in [-0.2, 0) is 0 Å². The molecule has 0 radical (unpaired) electrons. The largest absolute Gasteiger partial charge is 0.506 e.